The summed E-state index contributed by atoms with van der Waals surface area (Å²) in [5.74, 6) is 0.755. The molecule has 4 heterocycles. The van der Waals surface area contributed by atoms with Gasteiger partial charge in [0, 0.05) is 43.2 Å². The van der Waals surface area contributed by atoms with Crippen molar-refractivity contribution in [2.24, 2.45) is 0 Å². The minimum absolute atomic E-state index is 0.0770. The molecule has 9 nitrogen and oxygen atoms in total. The number of hydrogen-bond acceptors (Lipinski definition) is 7. The monoisotopic (exact) mass is 459 g/mol. The lowest BCUT2D eigenvalue weighted by Gasteiger charge is -2.22. The van der Waals surface area contributed by atoms with Gasteiger partial charge in [0.05, 0.1) is 19.2 Å². The molecule has 34 heavy (non-hydrogen) atoms. The Balaban J connectivity index is 1.42. The quantitative estimate of drug-likeness (QED) is 0.411. The van der Waals surface area contributed by atoms with Crippen LogP contribution in [0, 0.1) is 0 Å². The zero-order valence-corrected chi connectivity index (χ0v) is 19.4. The lowest BCUT2D eigenvalue weighted by Crippen LogP contribution is -2.29. The first-order valence-electron chi connectivity index (χ1n) is 11.8. The summed E-state index contributed by atoms with van der Waals surface area (Å²) in [5, 5.41) is 13.4. The Kier molecular flexibility index (Phi) is 6.73. The lowest BCUT2D eigenvalue weighted by molar-refractivity contribution is 0.0914. The van der Waals surface area contributed by atoms with E-state index in [2.05, 4.69) is 49.4 Å². The molecule has 0 amide bonds. The van der Waals surface area contributed by atoms with Gasteiger partial charge in [0.15, 0.2) is 5.82 Å². The van der Waals surface area contributed by atoms with Crippen molar-refractivity contribution in [1.29, 1.82) is 0 Å². The molecule has 0 bridgehead atoms. The summed E-state index contributed by atoms with van der Waals surface area (Å²) >= 11 is 0. The molecule has 0 unspecified atom stereocenters. The fourth-order valence-corrected chi connectivity index (χ4v) is 4.46. The molecule has 0 aliphatic carbocycles. The predicted octanol–water partition coefficient (Wildman–Crippen LogP) is 2.85. The normalized spacial score (nSPS) is 16.0. The fourth-order valence-electron chi connectivity index (χ4n) is 4.46. The van der Waals surface area contributed by atoms with Crippen molar-refractivity contribution in [3.8, 4) is 0 Å². The molecule has 3 aromatic heterocycles. The van der Waals surface area contributed by atoms with E-state index >= 15 is 0 Å². The van der Waals surface area contributed by atoms with Gasteiger partial charge in [-0.15, -0.1) is 5.10 Å². The number of aromatic amines is 1. The number of tetrazole rings is 1. The second-order valence-corrected chi connectivity index (χ2v) is 8.82. The summed E-state index contributed by atoms with van der Waals surface area (Å²) in [5.41, 5.74) is 3.79. The summed E-state index contributed by atoms with van der Waals surface area (Å²) in [4.78, 5) is 22.4. The maximum atomic E-state index is 12.9. The minimum atomic E-state index is -0.0770. The molecule has 0 saturated carbocycles. The third-order valence-electron chi connectivity index (χ3n) is 6.29. The van der Waals surface area contributed by atoms with Crippen molar-refractivity contribution in [2.45, 2.75) is 58.5 Å². The van der Waals surface area contributed by atoms with Gasteiger partial charge in [0.2, 0.25) is 0 Å². The summed E-state index contributed by atoms with van der Waals surface area (Å²) < 4.78 is 7.59. The minimum Gasteiger partial charge on any atom is -0.376 e. The van der Waals surface area contributed by atoms with Crippen molar-refractivity contribution < 1.29 is 4.74 Å². The highest BCUT2D eigenvalue weighted by atomic mass is 16.5. The van der Waals surface area contributed by atoms with Crippen molar-refractivity contribution in [2.75, 3.05) is 6.61 Å². The van der Waals surface area contributed by atoms with E-state index in [9.17, 15) is 4.79 Å². The van der Waals surface area contributed by atoms with Crippen LogP contribution in [0.1, 0.15) is 42.3 Å². The number of nitrogens with zero attached hydrogens (tertiary/aromatic N) is 6. The van der Waals surface area contributed by atoms with Crippen LogP contribution in [0.2, 0.25) is 0 Å². The number of H-pyrrole nitrogens is 1. The number of ether oxygens (including phenoxy) is 1. The van der Waals surface area contributed by atoms with E-state index in [-0.39, 0.29) is 11.7 Å². The Bertz CT molecular complexity index is 1300. The molecule has 1 aromatic carbocycles. The van der Waals surface area contributed by atoms with Gasteiger partial charge >= 0.3 is 0 Å². The molecule has 176 valence electrons. The molecular weight excluding hydrogens is 430 g/mol. The van der Waals surface area contributed by atoms with Gasteiger partial charge < -0.3 is 9.72 Å². The van der Waals surface area contributed by atoms with E-state index in [1.165, 1.54) is 5.56 Å². The molecule has 1 fully saturated rings. The van der Waals surface area contributed by atoms with E-state index in [1.54, 1.807) is 6.20 Å². The molecule has 1 N–H and O–H groups in total. The Morgan fingerprint density at radius 1 is 1.18 bits per heavy atom. The summed E-state index contributed by atoms with van der Waals surface area (Å²) in [7, 11) is 0. The zero-order chi connectivity index (χ0) is 23.3. The van der Waals surface area contributed by atoms with E-state index in [1.807, 2.05) is 35.1 Å². The van der Waals surface area contributed by atoms with Gasteiger partial charge in [-0.25, -0.2) is 4.68 Å². The van der Waals surface area contributed by atoms with E-state index in [0.29, 0.717) is 31.7 Å². The Morgan fingerprint density at radius 2 is 2.12 bits per heavy atom. The van der Waals surface area contributed by atoms with Crippen molar-refractivity contribution in [1.82, 2.24) is 35.1 Å². The Morgan fingerprint density at radius 3 is 2.91 bits per heavy atom. The van der Waals surface area contributed by atoms with Crippen LogP contribution in [0.25, 0.3) is 10.9 Å². The summed E-state index contributed by atoms with van der Waals surface area (Å²) in [6.45, 7) is 5.14. The number of aryl methyl sites for hydroxylation is 1. The fraction of sp³-hybridized carbons (Fsp3) is 0.400. The largest absolute Gasteiger partial charge is 0.376 e. The van der Waals surface area contributed by atoms with Crippen molar-refractivity contribution in [3.63, 3.8) is 0 Å². The van der Waals surface area contributed by atoms with E-state index < -0.39 is 0 Å². The second kappa shape index (κ2) is 10.2. The number of nitrogens with one attached hydrogen (secondary N) is 1. The first-order chi connectivity index (χ1) is 16.7. The van der Waals surface area contributed by atoms with Crippen LogP contribution in [0.3, 0.4) is 0 Å². The molecule has 0 spiro atoms. The van der Waals surface area contributed by atoms with Crippen LogP contribution in [0.15, 0.2) is 53.6 Å². The average molecular weight is 460 g/mol. The topological polar surface area (TPSA) is 102 Å². The molecule has 9 heteroatoms. The van der Waals surface area contributed by atoms with E-state index in [4.69, 9.17) is 4.74 Å². The number of aromatic nitrogens is 6. The maximum absolute atomic E-state index is 12.9. The molecule has 4 aromatic rings. The number of fused-ring (bicyclic) bond motifs is 1. The smallest absolute Gasteiger partial charge is 0.252 e. The highest BCUT2D eigenvalue weighted by molar-refractivity contribution is 5.79. The number of benzene rings is 1. The van der Waals surface area contributed by atoms with Gasteiger partial charge in [-0.1, -0.05) is 19.1 Å². The predicted molar refractivity (Wildman–Crippen MR) is 128 cm³/mol. The molecule has 5 rings (SSSR count). The number of hydrogen-bond donors (Lipinski definition) is 1. The van der Waals surface area contributed by atoms with Gasteiger partial charge in [0.1, 0.15) is 0 Å². The lowest BCUT2D eigenvalue weighted by atomic mass is 10.1. The van der Waals surface area contributed by atoms with Crippen LogP contribution in [-0.2, 0) is 37.3 Å². The summed E-state index contributed by atoms with van der Waals surface area (Å²) in [6.07, 6.45) is 6.79. The maximum Gasteiger partial charge on any atom is 0.252 e. The summed E-state index contributed by atoms with van der Waals surface area (Å²) in [6, 6.07) is 12.1. The SMILES string of the molecule is CCc1ccc2[nH]c(=O)c(CN(Cc3cccnc3)Cc3nnnn3C[C@@H]3CCCO3)cc2c1. The highest BCUT2D eigenvalue weighted by Crippen LogP contribution is 2.18. The highest BCUT2D eigenvalue weighted by Gasteiger charge is 2.21. The average Bonchev–Trinajstić information content (AvgIpc) is 3.52. The van der Waals surface area contributed by atoms with Crippen LogP contribution in [0.5, 0.6) is 0 Å². The van der Waals surface area contributed by atoms with Gasteiger partial charge in [-0.2, -0.15) is 0 Å². The Hall–Kier alpha value is -3.43. The van der Waals surface area contributed by atoms with Crippen LogP contribution in [-0.4, -0.2) is 47.8 Å². The molecule has 1 atom stereocenters. The van der Waals surface area contributed by atoms with E-state index in [0.717, 1.165) is 48.2 Å². The van der Waals surface area contributed by atoms with Crippen molar-refractivity contribution >= 4 is 10.9 Å². The standard InChI is InChI=1S/C25H29N7O2/c1-2-18-7-8-23-20(11-18)12-21(25(33)27-23)15-31(14-19-5-3-9-26-13-19)17-24-28-29-30-32(24)16-22-6-4-10-34-22/h3,5,7-9,11-13,22H,2,4,6,10,14-17H2,1H3,(H,27,33)/t22-/m0/s1. The molecular formula is C25H29N7O2. The number of pyridine rings is 2. The van der Waals surface area contributed by atoms with Crippen LogP contribution >= 0.6 is 0 Å². The van der Waals surface area contributed by atoms with Gasteiger partial charge in [-0.05, 0) is 70.5 Å². The number of rotatable bonds is 9. The molecule has 1 aliphatic heterocycles. The third-order valence-corrected chi connectivity index (χ3v) is 6.29. The first-order valence-corrected chi connectivity index (χ1v) is 11.8. The van der Waals surface area contributed by atoms with Crippen molar-refractivity contribution in [3.05, 3.63) is 81.7 Å². The third kappa shape index (κ3) is 5.21. The second-order valence-electron chi connectivity index (χ2n) is 8.82. The van der Waals surface area contributed by atoms with Crippen LogP contribution < -0.4 is 5.56 Å². The first kappa shape index (κ1) is 22.4. The van der Waals surface area contributed by atoms with Crippen LogP contribution in [0.4, 0.5) is 0 Å². The Labute approximate surface area is 197 Å². The zero-order valence-electron chi connectivity index (χ0n) is 19.4. The molecule has 0 radical (unpaired) electrons. The van der Waals surface area contributed by atoms with Gasteiger partial charge in [0.25, 0.3) is 5.56 Å². The van der Waals surface area contributed by atoms with Gasteiger partial charge in [-0.3, -0.25) is 14.7 Å². The molecule has 1 aliphatic rings. The molecule has 1 saturated heterocycles.